The van der Waals surface area contributed by atoms with E-state index in [0.717, 1.165) is 27.8 Å². The first-order valence-electron chi connectivity index (χ1n) is 18.8. The predicted octanol–water partition coefficient (Wildman–Crippen LogP) is 13.7. The lowest BCUT2D eigenvalue weighted by Crippen LogP contribution is -2.00. The fourth-order valence-electron chi connectivity index (χ4n) is 8.53. The number of benzene rings is 8. The summed E-state index contributed by atoms with van der Waals surface area (Å²) in [6, 6.07) is 65.0. The third kappa shape index (κ3) is 4.81. The van der Waals surface area contributed by atoms with Crippen LogP contribution in [0.25, 0.3) is 115 Å². The van der Waals surface area contributed by atoms with E-state index < -0.39 is 0 Å². The van der Waals surface area contributed by atoms with Crippen LogP contribution >= 0.6 is 11.3 Å². The summed E-state index contributed by atoms with van der Waals surface area (Å²) < 4.78 is 5.01. The van der Waals surface area contributed by atoms with E-state index in [-0.39, 0.29) is 0 Å². The maximum atomic E-state index is 4.99. The van der Waals surface area contributed by atoms with Gasteiger partial charge in [-0.25, -0.2) is 15.0 Å². The summed E-state index contributed by atoms with van der Waals surface area (Å²) in [6.45, 7) is 0. The number of fused-ring (bicyclic) bond motifs is 9. The molecule has 0 unspecified atom stereocenters. The lowest BCUT2D eigenvalue weighted by Gasteiger charge is -2.10. The van der Waals surface area contributed by atoms with Crippen LogP contribution in [0, 0.1) is 0 Å². The fraction of sp³-hybridized carbons (Fsp3) is 0. The quantitative estimate of drug-likeness (QED) is 0.177. The van der Waals surface area contributed by atoms with Crippen molar-refractivity contribution in [1.29, 1.82) is 0 Å². The molecule has 0 spiro atoms. The van der Waals surface area contributed by atoms with Crippen LogP contribution in [0.1, 0.15) is 0 Å². The molecule has 56 heavy (non-hydrogen) atoms. The average Bonchev–Trinajstić information content (AvgIpc) is 3.93. The van der Waals surface area contributed by atoms with Gasteiger partial charge in [-0.1, -0.05) is 127 Å². The Morgan fingerprint density at radius 3 is 1.30 bits per heavy atom. The van der Waals surface area contributed by atoms with Gasteiger partial charge in [-0.3, -0.25) is 0 Å². The molecule has 0 saturated heterocycles. The summed E-state index contributed by atoms with van der Waals surface area (Å²) in [5.74, 6) is 1.96. The van der Waals surface area contributed by atoms with Gasteiger partial charge in [0.1, 0.15) is 0 Å². The van der Waals surface area contributed by atoms with Crippen molar-refractivity contribution in [1.82, 2.24) is 19.4 Å². The molecule has 0 saturated carbocycles. The number of aromatic nitrogens is 4. The lowest BCUT2D eigenvalue weighted by molar-refractivity contribution is 1.07. The van der Waals surface area contributed by atoms with Crippen molar-refractivity contribution in [3.63, 3.8) is 0 Å². The summed E-state index contributed by atoms with van der Waals surface area (Å²) in [4.78, 5) is 14.9. The monoisotopic (exact) mass is 730 g/mol. The Balaban J connectivity index is 0.982. The second-order valence-corrected chi connectivity index (χ2v) is 15.5. The van der Waals surface area contributed by atoms with Gasteiger partial charge in [0.15, 0.2) is 17.5 Å². The van der Waals surface area contributed by atoms with Crippen LogP contribution in [-0.2, 0) is 0 Å². The highest BCUT2D eigenvalue weighted by atomic mass is 32.1. The number of hydrogen-bond donors (Lipinski definition) is 0. The SMILES string of the molecule is c1ccc(-c2nc(-c3ccccc3)nc(-c3cccc(-c4ccc5sc6ccc(-c7cc8c9ccccc9n9c%10ccccc%10c(c7)c89)cc6c5c4)c3)n2)cc1. The Morgan fingerprint density at radius 2 is 0.732 bits per heavy atom. The topological polar surface area (TPSA) is 43.1 Å². The lowest BCUT2D eigenvalue weighted by atomic mass is 9.97. The van der Waals surface area contributed by atoms with Gasteiger partial charge >= 0.3 is 0 Å². The zero-order valence-corrected chi connectivity index (χ0v) is 30.8. The minimum atomic E-state index is 0.650. The van der Waals surface area contributed by atoms with Crippen molar-refractivity contribution < 1.29 is 0 Å². The summed E-state index contributed by atoms with van der Waals surface area (Å²) in [5.41, 5.74) is 11.4. The van der Waals surface area contributed by atoms with E-state index >= 15 is 0 Å². The predicted molar refractivity (Wildman–Crippen MR) is 235 cm³/mol. The van der Waals surface area contributed by atoms with Crippen molar-refractivity contribution in [2.24, 2.45) is 0 Å². The van der Waals surface area contributed by atoms with Crippen LogP contribution in [0.4, 0.5) is 0 Å². The van der Waals surface area contributed by atoms with Crippen LogP contribution in [-0.4, -0.2) is 19.4 Å². The van der Waals surface area contributed by atoms with Gasteiger partial charge in [0.25, 0.3) is 0 Å². The summed E-state index contributed by atoms with van der Waals surface area (Å²) in [7, 11) is 0. The summed E-state index contributed by atoms with van der Waals surface area (Å²) >= 11 is 1.85. The Kier molecular flexibility index (Phi) is 6.76. The van der Waals surface area contributed by atoms with Gasteiger partial charge in [-0.2, -0.15) is 0 Å². The zero-order chi connectivity index (χ0) is 36.7. The van der Waals surface area contributed by atoms with Crippen LogP contribution in [0.3, 0.4) is 0 Å². The molecule has 4 aromatic heterocycles. The molecule has 0 radical (unpaired) electrons. The molecule has 0 atom stereocenters. The molecule has 0 aliphatic carbocycles. The van der Waals surface area contributed by atoms with Gasteiger partial charge in [0, 0.05) is 58.4 Å². The number of hydrogen-bond acceptors (Lipinski definition) is 4. The molecule has 260 valence electrons. The van der Waals surface area contributed by atoms with Crippen molar-refractivity contribution in [2.75, 3.05) is 0 Å². The van der Waals surface area contributed by atoms with Gasteiger partial charge in [0.2, 0.25) is 0 Å². The highest BCUT2D eigenvalue weighted by Crippen LogP contribution is 2.43. The van der Waals surface area contributed by atoms with Crippen LogP contribution in [0.15, 0.2) is 182 Å². The highest BCUT2D eigenvalue weighted by molar-refractivity contribution is 7.25. The minimum Gasteiger partial charge on any atom is -0.308 e. The standard InChI is InChI=1S/C51H30N4S/c1-3-12-31(13-4-1)49-52-50(32-14-5-2-6-15-32)54-51(53-49)36-17-11-16-33(26-36)34-22-24-46-40(27-34)41-28-35(23-25-47(41)56-46)37-29-42-38-18-7-9-20-44(38)55-45-21-10-8-19-39(45)43(30-37)48(42)55/h1-30H. The Morgan fingerprint density at radius 1 is 0.304 bits per heavy atom. The molecule has 4 heterocycles. The van der Waals surface area contributed by atoms with E-state index in [1.54, 1.807) is 0 Å². The normalized spacial score (nSPS) is 11.9. The smallest absolute Gasteiger partial charge is 0.164 e. The largest absolute Gasteiger partial charge is 0.308 e. The van der Waals surface area contributed by atoms with E-state index in [2.05, 4.69) is 126 Å². The summed E-state index contributed by atoms with van der Waals surface area (Å²) in [5, 5.41) is 7.72. The van der Waals surface area contributed by atoms with E-state index in [1.165, 1.54) is 69.4 Å². The molecule has 5 heteroatoms. The molecule has 0 aliphatic rings. The second-order valence-electron chi connectivity index (χ2n) is 14.4. The molecule has 12 aromatic rings. The molecular weight excluding hydrogens is 701 g/mol. The molecule has 0 amide bonds. The first-order valence-corrected chi connectivity index (χ1v) is 19.7. The number of nitrogens with zero attached hydrogens (tertiary/aromatic N) is 4. The van der Waals surface area contributed by atoms with E-state index in [4.69, 9.17) is 15.0 Å². The molecule has 0 aliphatic heterocycles. The van der Waals surface area contributed by atoms with E-state index in [0.29, 0.717) is 17.5 Å². The Bertz CT molecular complexity index is 3330. The van der Waals surface area contributed by atoms with Gasteiger partial charge in [0.05, 0.1) is 16.6 Å². The second kappa shape index (κ2) is 12.2. The third-order valence-electron chi connectivity index (χ3n) is 11.2. The third-order valence-corrected chi connectivity index (χ3v) is 12.3. The minimum absolute atomic E-state index is 0.650. The first kappa shape index (κ1) is 31.2. The molecule has 8 aromatic carbocycles. The van der Waals surface area contributed by atoms with Crippen molar-refractivity contribution in [3.05, 3.63) is 182 Å². The van der Waals surface area contributed by atoms with Gasteiger partial charge < -0.3 is 4.40 Å². The van der Waals surface area contributed by atoms with Crippen molar-refractivity contribution in [3.8, 4) is 56.4 Å². The van der Waals surface area contributed by atoms with Crippen LogP contribution in [0.2, 0.25) is 0 Å². The van der Waals surface area contributed by atoms with Crippen LogP contribution < -0.4 is 0 Å². The van der Waals surface area contributed by atoms with Gasteiger partial charge in [-0.15, -0.1) is 11.3 Å². The van der Waals surface area contributed by atoms with E-state index in [9.17, 15) is 0 Å². The molecule has 0 N–H and O–H groups in total. The van der Waals surface area contributed by atoms with Gasteiger partial charge in [-0.05, 0) is 76.9 Å². The summed E-state index contributed by atoms with van der Waals surface area (Å²) in [6.07, 6.45) is 0. The molecule has 0 fully saturated rings. The number of rotatable bonds is 5. The molecule has 0 bridgehead atoms. The highest BCUT2D eigenvalue weighted by Gasteiger charge is 2.19. The molecular formula is C51H30N4S. The maximum Gasteiger partial charge on any atom is 0.164 e. The van der Waals surface area contributed by atoms with Crippen molar-refractivity contribution >= 4 is 69.6 Å². The maximum absolute atomic E-state index is 4.99. The zero-order valence-electron chi connectivity index (χ0n) is 30.0. The Hall–Kier alpha value is -7.21. The van der Waals surface area contributed by atoms with Crippen LogP contribution in [0.5, 0.6) is 0 Å². The first-order chi connectivity index (χ1) is 27.7. The average molecular weight is 731 g/mol. The van der Waals surface area contributed by atoms with E-state index in [1.807, 2.05) is 72.0 Å². The van der Waals surface area contributed by atoms with Crippen molar-refractivity contribution in [2.45, 2.75) is 0 Å². The molecule has 4 nitrogen and oxygen atoms in total. The Labute approximate surface area is 326 Å². The molecule has 12 rings (SSSR count). The fourth-order valence-corrected chi connectivity index (χ4v) is 9.59. The number of para-hydroxylation sites is 2. The number of thiophene rings is 1.